The number of hydrogen-bond acceptors (Lipinski definition) is 6. The maximum atomic E-state index is 12.5. The molecule has 1 aliphatic rings. The molecule has 7 heteroatoms. The van der Waals surface area contributed by atoms with Gasteiger partial charge in [0, 0.05) is 18.5 Å². The molecule has 0 unspecified atom stereocenters. The van der Waals surface area contributed by atoms with E-state index >= 15 is 0 Å². The number of aromatic nitrogens is 1. The van der Waals surface area contributed by atoms with Gasteiger partial charge in [-0.25, -0.2) is 9.78 Å². The highest BCUT2D eigenvalue weighted by molar-refractivity contribution is 7.09. The molecule has 28 heavy (non-hydrogen) atoms. The van der Waals surface area contributed by atoms with E-state index in [9.17, 15) is 9.59 Å². The second-order valence-corrected chi connectivity index (χ2v) is 8.53. The van der Waals surface area contributed by atoms with Crippen LogP contribution >= 0.6 is 11.3 Å². The Labute approximate surface area is 169 Å². The highest BCUT2D eigenvalue weighted by Crippen LogP contribution is 2.22. The summed E-state index contributed by atoms with van der Waals surface area (Å²) in [5.74, 6) is 0.643. The number of hydrogen-bond donors (Lipinski definition) is 0. The van der Waals surface area contributed by atoms with Crippen LogP contribution in [0.2, 0.25) is 0 Å². The van der Waals surface area contributed by atoms with Crippen LogP contribution in [0.15, 0.2) is 29.6 Å². The number of nitrogens with zero attached hydrogens (tertiary/aromatic N) is 2. The van der Waals surface area contributed by atoms with Gasteiger partial charge in [0.1, 0.15) is 17.9 Å². The number of aryl methyl sites for hydroxylation is 1. The molecule has 1 amide bonds. The lowest BCUT2D eigenvalue weighted by molar-refractivity contribution is -0.137. The number of para-hydroxylation sites is 1. The molecular weight excluding hydrogens is 376 g/mol. The molecular formula is C21H26N2O4S. The smallest absolute Gasteiger partial charge is 0.342 e. The summed E-state index contributed by atoms with van der Waals surface area (Å²) in [4.78, 5) is 31.1. The van der Waals surface area contributed by atoms with Crippen LogP contribution in [0.5, 0.6) is 5.75 Å². The van der Waals surface area contributed by atoms with Crippen molar-refractivity contribution in [3.05, 3.63) is 45.9 Å². The van der Waals surface area contributed by atoms with Crippen LogP contribution in [0.3, 0.4) is 0 Å². The van der Waals surface area contributed by atoms with Crippen molar-refractivity contribution in [2.75, 3.05) is 19.7 Å². The van der Waals surface area contributed by atoms with Crippen molar-refractivity contribution >= 4 is 23.2 Å². The fraction of sp³-hybridized carbons (Fsp3) is 0.476. The molecule has 1 fully saturated rings. The van der Waals surface area contributed by atoms with E-state index in [-0.39, 0.29) is 19.1 Å². The van der Waals surface area contributed by atoms with Gasteiger partial charge in [-0.15, -0.1) is 11.3 Å². The molecule has 1 saturated heterocycles. The van der Waals surface area contributed by atoms with E-state index < -0.39 is 5.97 Å². The minimum Gasteiger partial charge on any atom is -0.486 e. The normalized spacial score (nSPS) is 19.3. The molecule has 0 saturated carbocycles. The van der Waals surface area contributed by atoms with E-state index in [1.807, 2.05) is 12.3 Å². The maximum Gasteiger partial charge on any atom is 0.342 e. The molecule has 2 aromatic rings. The van der Waals surface area contributed by atoms with Gasteiger partial charge in [-0.3, -0.25) is 4.79 Å². The molecule has 0 N–H and O–H groups in total. The molecule has 0 bridgehead atoms. The van der Waals surface area contributed by atoms with E-state index in [1.165, 1.54) is 0 Å². The minimum absolute atomic E-state index is 0.150. The van der Waals surface area contributed by atoms with E-state index in [1.54, 1.807) is 40.5 Å². The Kier molecular flexibility index (Phi) is 6.67. The van der Waals surface area contributed by atoms with E-state index in [4.69, 9.17) is 9.47 Å². The van der Waals surface area contributed by atoms with Gasteiger partial charge in [0.2, 0.25) is 0 Å². The van der Waals surface area contributed by atoms with Crippen molar-refractivity contribution < 1.29 is 19.1 Å². The van der Waals surface area contributed by atoms with Crippen LogP contribution in [0.4, 0.5) is 0 Å². The fourth-order valence-electron chi connectivity index (χ4n) is 3.55. The number of ether oxygens (including phenoxy) is 2. The number of piperidine rings is 1. The zero-order valence-corrected chi connectivity index (χ0v) is 17.3. The minimum atomic E-state index is -0.559. The van der Waals surface area contributed by atoms with Gasteiger partial charge in [-0.05, 0) is 37.3 Å². The van der Waals surface area contributed by atoms with E-state index in [0.717, 1.165) is 17.1 Å². The topological polar surface area (TPSA) is 68.7 Å². The number of carbonyl (C=O) groups excluding carboxylic acids is 2. The Hall–Kier alpha value is -2.41. The first kappa shape index (κ1) is 20.3. The Morgan fingerprint density at radius 1 is 1.21 bits per heavy atom. The Morgan fingerprint density at radius 3 is 2.61 bits per heavy atom. The first-order valence-corrected chi connectivity index (χ1v) is 10.4. The third-order valence-electron chi connectivity index (χ3n) is 4.70. The third-order valence-corrected chi connectivity index (χ3v) is 5.52. The zero-order valence-electron chi connectivity index (χ0n) is 16.5. The largest absolute Gasteiger partial charge is 0.486 e. The van der Waals surface area contributed by atoms with Crippen molar-refractivity contribution in [1.82, 2.24) is 9.88 Å². The van der Waals surface area contributed by atoms with Crippen LogP contribution in [-0.4, -0.2) is 41.5 Å². The van der Waals surface area contributed by atoms with Crippen LogP contribution in [-0.2, 0) is 16.1 Å². The monoisotopic (exact) mass is 402 g/mol. The van der Waals surface area contributed by atoms with Gasteiger partial charge in [0.15, 0.2) is 6.61 Å². The highest BCUT2D eigenvalue weighted by atomic mass is 32.1. The average molecular weight is 403 g/mol. The number of esters is 1. The predicted octanol–water partition coefficient (Wildman–Crippen LogP) is 3.69. The molecule has 3 rings (SSSR count). The summed E-state index contributed by atoms with van der Waals surface area (Å²) in [5, 5.41) is 2.89. The summed E-state index contributed by atoms with van der Waals surface area (Å²) in [6.45, 7) is 7.66. The number of benzene rings is 1. The van der Waals surface area contributed by atoms with Crippen molar-refractivity contribution in [1.29, 1.82) is 0 Å². The van der Waals surface area contributed by atoms with Crippen molar-refractivity contribution in [2.45, 2.75) is 33.8 Å². The van der Waals surface area contributed by atoms with Gasteiger partial charge in [0.05, 0.1) is 10.7 Å². The Bertz CT molecular complexity index is 825. The SMILES string of the molecule is Cc1nc(COc2ccccc2C(=O)OCC(=O)N2C[C@H](C)C[C@@H](C)C2)cs1. The van der Waals surface area contributed by atoms with Gasteiger partial charge in [-0.1, -0.05) is 26.0 Å². The highest BCUT2D eigenvalue weighted by Gasteiger charge is 2.26. The number of likely N-dealkylation sites (tertiary alicyclic amines) is 1. The predicted molar refractivity (Wildman–Crippen MR) is 107 cm³/mol. The van der Waals surface area contributed by atoms with Crippen LogP contribution < -0.4 is 4.74 Å². The second-order valence-electron chi connectivity index (χ2n) is 7.46. The van der Waals surface area contributed by atoms with Crippen LogP contribution in [0, 0.1) is 18.8 Å². The molecule has 2 atom stereocenters. The number of thiazole rings is 1. The summed E-state index contributed by atoms with van der Waals surface area (Å²) in [5.41, 5.74) is 1.12. The van der Waals surface area contributed by atoms with E-state index in [2.05, 4.69) is 18.8 Å². The van der Waals surface area contributed by atoms with Crippen LogP contribution in [0.1, 0.15) is 41.3 Å². The summed E-state index contributed by atoms with van der Waals surface area (Å²) >= 11 is 1.55. The van der Waals surface area contributed by atoms with Gasteiger partial charge < -0.3 is 14.4 Å². The summed E-state index contributed by atoms with van der Waals surface area (Å²) < 4.78 is 11.0. The van der Waals surface area contributed by atoms with Crippen molar-refractivity contribution in [3.8, 4) is 5.75 Å². The van der Waals surface area contributed by atoms with Gasteiger partial charge in [0.25, 0.3) is 5.91 Å². The Balaban J connectivity index is 1.57. The zero-order chi connectivity index (χ0) is 20.1. The summed E-state index contributed by atoms with van der Waals surface area (Å²) in [6.07, 6.45) is 1.12. The van der Waals surface area contributed by atoms with Crippen LogP contribution in [0.25, 0.3) is 0 Å². The van der Waals surface area contributed by atoms with Crippen molar-refractivity contribution in [2.24, 2.45) is 11.8 Å². The molecule has 1 aromatic carbocycles. The lowest BCUT2D eigenvalue weighted by atomic mass is 9.92. The molecule has 150 valence electrons. The number of amides is 1. The number of rotatable bonds is 6. The quantitative estimate of drug-likeness (QED) is 0.689. The van der Waals surface area contributed by atoms with Gasteiger partial charge >= 0.3 is 5.97 Å². The first-order valence-electron chi connectivity index (χ1n) is 9.50. The average Bonchev–Trinajstić information content (AvgIpc) is 3.09. The molecule has 0 spiro atoms. The first-order chi connectivity index (χ1) is 13.4. The molecule has 2 heterocycles. The lowest BCUT2D eigenvalue weighted by Crippen LogP contribution is -2.44. The molecule has 0 aliphatic carbocycles. The lowest BCUT2D eigenvalue weighted by Gasteiger charge is -2.34. The standard InChI is InChI=1S/C21H26N2O4S/c1-14-8-15(2)10-23(9-14)20(24)12-27-21(25)18-6-4-5-7-19(18)26-11-17-13-28-16(3)22-17/h4-7,13-15H,8-12H2,1-3H3/t14-,15-/m1/s1. The summed E-state index contributed by atoms with van der Waals surface area (Å²) in [7, 11) is 0. The summed E-state index contributed by atoms with van der Waals surface area (Å²) in [6, 6.07) is 6.89. The Morgan fingerprint density at radius 2 is 1.93 bits per heavy atom. The van der Waals surface area contributed by atoms with Gasteiger partial charge in [-0.2, -0.15) is 0 Å². The molecule has 1 aliphatic heterocycles. The maximum absolute atomic E-state index is 12.5. The molecule has 6 nitrogen and oxygen atoms in total. The van der Waals surface area contributed by atoms with Crippen molar-refractivity contribution in [3.63, 3.8) is 0 Å². The second kappa shape index (κ2) is 9.19. The molecule has 0 radical (unpaired) electrons. The molecule has 1 aromatic heterocycles. The van der Waals surface area contributed by atoms with E-state index in [0.29, 0.717) is 36.2 Å². The third kappa shape index (κ3) is 5.32. The fourth-order valence-corrected chi connectivity index (χ4v) is 4.15. The number of carbonyl (C=O) groups is 2.